The van der Waals surface area contributed by atoms with Crippen molar-refractivity contribution in [3.05, 3.63) is 52.4 Å². The predicted octanol–water partition coefficient (Wildman–Crippen LogP) is 3.23. The molecule has 0 aliphatic heterocycles. The molecule has 0 unspecified atom stereocenters. The zero-order valence-electron chi connectivity index (χ0n) is 10.6. The van der Waals surface area contributed by atoms with Gasteiger partial charge < -0.3 is 4.90 Å². The van der Waals surface area contributed by atoms with Crippen molar-refractivity contribution < 1.29 is 0 Å². The van der Waals surface area contributed by atoms with E-state index >= 15 is 0 Å². The second-order valence-corrected chi connectivity index (χ2v) is 5.17. The minimum atomic E-state index is 0.895. The van der Waals surface area contributed by atoms with Crippen LogP contribution in [0.5, 0.6) is 0 Å². The predicted molar refractivity (Wildman–Crippen MR) is 77.9 cm³/mol. The maximum atomic E-state index is 4.45. The number of anilines is 1. The number of halogens is 1. The van der Waals surface area contributed by atoms with Gasteiger partial charge in [0.25, 0.3) is 0 Å². The molecular weight excluding hydrogens is 290 g/mol. The van der Waals surface area contributed by atoms with Gasteiger partial charge in [-0.25, -0.2) is 4.98 Å². The molecule has 0 aliphatic rings. The van der Waals surface area contributed by atoms with Crippen LogP contribution < -0.4 is 4.90 Å². The lowest BCUT2D eigenvalue weighted by atomic mass is 10.2. The smallest absolute Gasteiger partial charge is 0.142 e. The van der Waals surface area contributed by atoms with Gasteiger partial charge in [0.1, 0.15) is 5.82 Å². The SMILES string of the molecule is Cc1cnc(N(C)CCc2ccccn2)c(Br)c1. The van der Waals surface area contributed by atoms with Gasteiger partial charge in [0.05, 0.1) is 4.47 Å². The molecule has 0 radical (unpaired) electrons. The summed E-state index contributed by atoms with van der Waals surface area (Å²) in [4.78, 5) is 10.9. The first-order chi connectivity index (χ1) is 8.66. The average molecular weight is 306 g/mol. The van der Waals surface area contributed by atoms with Crippen molar-refractivity contribution in [3.63, 3.8) is 0 Å². The maximum Gasteiger partial charge on any atom is 0.142 e. The lowest BCUT2D eigenvalue weighted by molar-refractivity contribution is 0.836. The second-order valence-electron chi connectivity index (χ2n) is 4.31. The molecule has 2 rings (SSSR count). The van der Waals surface area contributed by atoms with E-state index in [9.17, 15) is 0 Å². The van der Waals surface area contributed by atoms with Crippen LogP contribution in [-0.2, 0) is 6.42 Å². The number of likely N-dealkylation sites (N-methyl/N-ethyl adjacent to an activating group) is 1. The summed E-state index contributed by atoms with van der Waals surface area (Å²) in [5, 5.41) is 0. The topological polar surface area (TPSA) is 29.0 Å². The molecule has 2 heterocycles. The summed E-state index contributed by atoms with van der Waals surface area (Å²) in [6.45, 7) is 2.93. The van der Waals surface area contributed by atoms with Crippen molar-refractivity contribution in [2.24, 2.45) is 0 Å². The van der Waals surface area contributed by atoms with Gasteiger partial charge in [-0.05, 0) is 46.6 Å². The second kappa shape index (κ2) is 5.96. The molecule has 2 aromatic rings. The fourth-order valence-corrected chi connectivity index (χ4v) is 2.51. The Labute approximate surface area is 116 Å². The molecule has 0 N–H and O–H groups in total. The Morgan fingerprint density at radius 3 is 2.78 bits per heavy atom. The van der Waals surface area contributed by atoms with Crippen LogP contribution in [0.1, 0.15) is 11.3 Å². The van der Waals surface area contributed by atoms with Crippen molar-refractivity contribution in [3.8, 4) is 0 Å². The van der Waals surface area contributed by atoms with E-state index in [0.717, 1.165) is 34.5 Å². The number of rotatable bonds is 4. The number of aryl methyl sites for hydroxylation is 1. The first-order valence-corrected chi connectivity index (χ1v) is 6.69. The lowest BCUT2D eigenvalue weighted by Gasteiger charge is -2.19. The molecule has 0 atom stereocenters. The Hall–Kier alpha value is -1.42. The number of nitrogens with zero attached hydrogens (tertiary/aromatic N) is 3. The molecule has 0 aromatic carbocycles. The summed E-state index contributed by atoms with van der Waals surface area (Å²) in [5.74, 6) is 0.969. The lowest BCUT2D eigenvalue weighted by Crippen LogP contribution is -2.22. The molecule has 3 nitrogen and oxygen atoms in total. The standard InChI is InChI=1S/C14H16BrN3/c1-11-9-13(15)14(17-10-11)18(2)8-6-12-5-3-4-7-16-12/h3-5,7,9-10H,6,8H2,1-2H3. The van der Waals surface area contributed by atoms with Crippen molar-refractivity contribution in [1.29, 1.82) is 0 Å². The number of pyridine rings is 2. The number of aromatic nitrogens is 2. The molecular formula is C14H16BrN3. The maximum absolute atomic E-state index is 4.45. The molecule has 4 heteroatoms. The summed E-state index contributed by atoms with van der Waals surface area (Å²) in [5.41, 5.74) is 2.26. The van der Waals surface area contributed by atoms with E-state index in [1.165, 1.54) is 0 Å². The molecule has 0 amide bonds. The first kappa shape index (κ1) is 13.0. The van der Waals surface area contributed by atoms with Gasteiger partial charge in [0, 0.05) is 38.1 Å². The highest BCUT2D eigenvalue weighted by atomic mass is 79.9. The first-order valence-electron chi connectivity index (χ1n) is 5.90. The van der Waals surface area contributed by atoms with E-state index in [0.29, 0.717) is 0 Å². The van der Waals surface area contributed by atoms with E-state index < -0.39 is 0 Å². The van der Waals surface area contributed by atoms with Gasteiger partial charge in [-0.15, -0.1) is 0 Å². The number of hydrogen-bond acceptors (Lipinski definition) is 3. The van der Waals surface area contributed by atoms with E-state index in [1.54, 1.807) is 0 Å². The largest absolute Gasteiger partial charge is 0.358 e. The van der Waals surface area contributed by atoms with Gasteiger partial charge in [-0.2, -0.15) is 0 Å². The Bertz CT molecular complexity index is 514. The van der Waals surface area contributed by atoms with Crippen LogP contribution in [0.25, 0.3) is 0 Å². The normalized spacial score (nSPS) is 10.4. The van der Waals surface area contributed by atoms with Crippen LogP contribution in [0.15, 0.2) is 41.1 Å². The van der Waals surface area contributed by atoms with Crippen molar-refractivity contribution >= 4 is 21.7 Å². The van der Waals surface area contributed by atoms with Crippen LogP contribution >= 0.6 is 15.9 Å². The summed E-state index contributed by atoms with van der Waals surface area (Å²) < 4.78 is 1.03. The average Bonchev–Trinajstić information content (AvgIpc) is 2.37. The van der Waals surface area contributed by atoms with E-state index in [2.05, 4.69) is 36.9 Å². The third kappa shape index (κ3) is 3.29. The van der Waals surface area contributed by atoms with Crippen LogP contribution in [0.3, 0.4) is 0 Å². The van der Waals surface area contributed by atoms with Gasteiger partial charge >= 0.3 is 0 Å². The monoisotopic (exact) mass is 305 g/mol. The Balaban J connectivity index is 2.01. The van der Waals surface area contributed by atoms with E-state index in [4.69, 9.17) is 0 Å². The van der Waals surface area contributed by atoms with Crippen LogP contribution in [0, 0.1) is 6.92 Å². The summed E-state index contributed by atoms with van der Waals surface area (Å²) in [6.07, 6.45) is 4.63. The molecule has 0 fully saturated rings. The highest BCUT2D eigenvalue weighted by Crippen LogP contribution is 2.23. The molecule has 0 saturated heterocycles. The quantitative estimate of drug-likeness (QED) is 0.868. The van der Waals surface area contributed by atoms with Gasteiger partial charge in [0.2, 0.25) is 0 Å². The molecule has 0 bridgehead atoms. The molecule has 2 aromatic heterocycles. The van der Waals surface area contributed by atoms with Gasteiger partial charge in [0.15, 0.2) is 0 Å². The van der Waals surface area contributed by atoms with Gasteiger partial charge in [-0.3, -0.25) is 4.98 Å². The van der Waals surface area contributed by atoms with Gasteiger partial charge in [-0.1, -0.05) is 6.07 Å². The van der Waals surface area contributed by atoms with E-state index in [1.807, 2.05) is 44.6 Å². The van der Waals surface area contributed by atoms with Crippen LogP contribution in [0.2, 0.25) is 0 Å². The zero-order chi connectivity index (χ0) is 13.0. The minimum Gasteiger partial charge on any atom is -0.358 e. The van der Waals surface area contributed by atoms with Crippen molar-refractivity contribution in [2.45, 2.75) is 13.3 Å². The fourth-order valence-electron chi connectivity index (χ4n) is 1.74. The molecule has 18 heavy (non-hydrogen) atoms. The molecule has 94 valence electrons. The fraction of sp³-hybridized carbons (Fsp3) is 0.286. The minimum absolute atomic E-state index is 0.895. The summed E-state index contributed by atoms with van der Waals surface area (Å²) in [7, 11) is 2.05. The Morgan fingerprint density at radius 1 is 1.28 bits per heavy atom. The molecule has 0 saturated carbocycles. The highest BCUT2D eigenvalue weighted by molar-refractivity contribution is 9.10. The zero-order valence-corrected chi connectivity index (χ0v) is 12.2. The Morgan fingerprint density at radius 2 is 2.11 bits per heavy atom. The molecule has 0 spiro atoms. The van der Waals surface area contributed by atoms with Crippen molar-refractivity contribution in [2.75, 3.05) is 18.5 Å². The summed E-state index contributed by atoms with van der Waals surface area (Å²) >= 11 is 3.55. The number of hydrogen-bond donors (Lipinski definition) is 0. The third-order valence-corrected chi connectivity index (χ3v) is 3.33. The van der Waals surface area contributed by atoms with Crippen molar-refractivity contribution in [1.82, 2.24) is 9.97 Å². The third-order valence-electron chi connectivity index (χ3n) is 2.75. The van der Waals surface area contributed by atoms with E-state index in [-0.39, 0.29) is 0 Å². The summed E-state index contributed by atoms with van der Waals surface area (Å²) in [6, 6.07) is 8.08. The molecule has 0 aliphatic carbocycles. The highest BCUT2D eigenvalue weighted by Gasteiger charge is 2.07. The Kier molecular flexibility index (Phi) is 4.31. The van der Waals surface area contributed by atoms with Crippen LogP contribution in [-0.4, -0.2) is 23.6 Å². The van der Waals surface area contributed by atoms with Crippen LogP contribution in [0.4, 0.5) is 5.82 Å².